The molecule has 3 rings (SSSR count). The number of aromatic nitrogens is 1. The first-order valence-electron chi connectivity index (χ1n) is 5.15. The predicted molar refractivity (Wildman–Crippen MR) is 57.5 cm³/mol. The molecule has 76 valence electrons. The highest BCUT2D eigenvalue weighted by atomic mass is 16.5. The van der Waals surface area contributed by atoms with E-state index in [0.717, 1.165) is 24.1 Å². The SMILES string of the molecule is Nc1onc2c1C(c1ccccc1)CC2. The van der Waals surface area contributed by atoms with Crippen LogP contribution in [0.25, 0.3) is 0 Å². The third kappa shape index (κ3) is 1.23. The maximum absolute atomic E-state index is 5.79. The average Bonchev–Trinajstić information content (AvgIpc) is 2.84. The Morgan fingerprint density at radius 1 is 1.27 bits per heavy atom. The molecule has 1 heterocycles. The van der Waals surface area contributed by atoms with Gasteiger partial charge in [0.2, 0.25) is 5.88 Å². The summed E-state index contributed by atoms with van der Waals surface area (Å²) in [5.74, 6) is 0.851. The lowest BCUT2D eigenvalue weighted by Crippen LogP contribution is -1.98. The van der Waals surface area contributed by atoms with Gasteiger partial charge in [-0.05, 0) is 18.4 Å². The third-order valence-electron chi connectivity index (χ3n) is 3.05. The third-order valence-corrected chi connectivity index (χ3v) is 3.05. The lowest BCUT2D eigenvalue weighted by atomic mass is 9.94. The van der Waals surface area contributed by atoms with E-state index in [1.54, 1.807) is 0 Å². The van der Waals surface area contributed by atoms with E-state index in [0.29, 0.717) is 11.8 Å². The fourth-order valence-corrected chi connectivity index (χ4v) is 2.34. The van der Waals surface area contributed by atoms with Gasteiger partial charge >= 0.3 is 0 Å². The van der Waals surface area contributed by atoms with Crippen molar-refractivity contribution in [2.45, 2.75) is 18.8 Å². The van der Waals surface area contributed by atoms with Crippen molar-refractivity contribution in [3.8, 4) is 0 Å². The summed E-state index contributed by atoms with van der Waals surface area (Å²) >= 11 is 0. The van der Waals surface area contributed by atoms with E-state index in [9.17, 15) is 0 Å². The maximum atomic E-state index is 5.79. The van der Waals surface area contributed by atoms with Crippen LogP contribution in [0.1, 0.15) is 29.2 Å². The van der Waals surface area contributed by atoms with Crippen LogP contribution in [0.15, 0.2) is 34.9 Å². The molecular weight excluding hydrogens is 188 g/mol. The minimum absolute atomic E-state index is 0.368. The van der Waals surface area contributed by atoms with E-state index < -0.39 is 0 Å². The van der Waals surface area contributed by atoms with Gasteiger partial charge in [-0.25, -0.2) is 0 Å². The van der Waals surface area contributed by atoms with Gasteiger partial charge in [0, 0.05) is 11.5 Å². The number of nitrogen functional groups attached to an aromatic ring is 1. The number of rotatable bonds is 1. The van der Waals surface area contributed by atoms with Gasteiger partial charge in [-0.3, -0.25) is 0 Å². The first-order valence-corrected chi connectivity index (χ1v) is 5.15. The number of anilines is 1. The molecule has 1 atom stereocenters. The van der Waals surface area contributed by atoms with Gasteiger partial charge in [-0.15, -0.1) is 0 Å². The molecule has 1 aromatic carbocycles. The van der Waals surface area contributed by atoms with Crippen LogP contribution in [0.4, 0.5) is 5.88 Å². The first kappa shape index (κ1) is 8.53. The van der Waals surface area contributed by atoms with Gasteiger partial charge in [-0.1, -0.05) is 35.5 Å². The summed E-state index contributed by atoms with van der Waals surface area (Å²) in [6, 6.07) is 10.4. The highest BCUT2D eigenvalue weighted by Gasteiger charge is 2.30. The average molecular weight is 200 g/mol. The smallest absolute Gasteiger partial charge is 0.226 e. The Bertz CT molecular complexity index is 476. The fraction of sp³-hybridized carbons (Fsp3) is 0.250. The van der Waals surface area contributed by atoms with Crippen LogP contribution in [0.2, 0.25) is 0 Å². The molecule has 0 bridgehead atoms. The van der Waals surface area contributed by atoms with Crippen molar-refractivity contribution < 1.29 is 4.52 Å². The highest BCUT2D eigenvalue weighted by Crippen LogP contribution is 2.40. The van der Waals surface area contributed by atoms with Gasteiger partial charge in [0.25, 0.3) is 0 Å². The number of aryl methyl sites for hydroxylation is 1. The summed E-state index contributed by atoms with van der Waals surface area (Å²) in [6.45, 7) is 0. The van der Waals surface area contributed by atoms with E-state index in [1.165, 1.54) is 5.56 Å². The van der Waals surface area contributed by atoms with Crippen LogP contribution < -0.4 is 5.73 Å². The van der Waals surface area contributed by atoms with E-state index >= 15 is 0 Å². The normalized spacial score (nSPS) is 19.1. The van der Waals surface area contributed by atoms with Gasteiger partial charge in [0.05, 0.1) is 5.69 Å². The number of hydrogen-bond acceptors (Lipinski definition) is 3. The Labute approximate surface area is 87.9 Å². The molecule has 0 amide bonds. The largest absolute Gasteiger partial charge is 0.367 e. The lowest BCUT2D eigenvalue weighted by molar-refractivity contribution is 0.423. The molecule has 0 radical (unpaired) electrons. The molecule has 1 aliphatic rings. The number of nitrogens with zero attached hydrogens (tertiary/aromatic N) is 1. The van der Waals surface area contributed by atoms with Gasteiger partial charge in [0.1, 0.15) is 0 Å². The summed E-state index contributed by atoms with van der Waals surface area (Å²) < 4.78 is 5.02. The number of fused-ring (bicyclic) bond motifs is 1. The van der Waals surface area contributed by atoms with Crippen molar-refractivity contribution in [2.24, 2.45) is 0 Å². The fourth-order valence-electron chi connectivity index (χ4n) is 2.34. The quantitative estimate of drug-likeness (QED) is 0.768. The van der Waals surface area contributed by atoms with Crippen LogP contribution in [-0.2, 0) is 6.42 Å². The molecule has 15 heavy (non-hydrogen) atoms. The molecule has 0 fully saturated rings. The standard InChI is InChI=1S/C12H12N2O/c13-12-11-9(6-7-10(11)14-15-12)8-4-2-1-3-5-8/h1-5,9H,6-7,13H2. The van der Waals surface area contributed by atoms with Crippen molar-refractivity contribution in [1.82, 2.24) is 5.16 Å². The van der Waals surface area contributed by atoms with Crippen LogP contribution >= 0.6 is 0 Å². The summed E-state index contributed by atoms with van der Waals surface area (Å²) in [6.07, 6.45) is 2.05. The van der Waals surface area contributed by atoms with Crippen molar-refractivity contribution in [1.29, 1.82) is 0 Å². The summed E-state index contributed by atoms with van der Waals surface area (Å²) in [5, 5.41) is 3.97. The van der Waals surface area contributed by atoms with Crippen molar-refractivity contribution in [3.63, 3.8) is 0 Å². The predicted octanol–water partition coefficient (Wildman–Crippen LogP) is 2.33. The van der Waals surface area contributed by atoms with Crippen molar-refractivity contribution in [2.75, 3.05) is 5.73 Å². The second-order valence-electron chi connectivity index (χ2n) is 3.91. The Hall–Kier alpha value is -1.77. The maximum Gasteiger partial charge on any atom is 0.226 e. The molecule has 0 aliphatic heterocycles. The summed E-state index contributed by atoms with van der Waals surface area (Å²) in [7, 11) is 0. The van der Waals surface area contributed by atoms with Gasteiger partial charge in [0.15, 0.2) is 0 Å². The minimum Gasteiger partial charge on any atom is -0.367 e. The molecule has 3 nitrogen and oxygen atoms in total. The summed E-state index contributed by atoms with van der Waals surface area (Å²) in [5.41, 5.74) is 9.22. The number of benzene rings is 1. The molecule has 3 heteroatoms. The highest BCUT2D eigenvalue weighted by molar-refractivity contribution is 5.49. The second kappa shape index (κ2) is 3.12. The zero-order valence-corrected chi connectivity index (χ0v) is 8.31. The molecule has 0 spiro atoms. The Morgan fingerprint density at radius 2 is 2.07 bits per heavy atom. The zero-order chi connectivity index (χ0) is 10.3. The molecule has 2 aromatic rings. The van der Waals surface area contributed by atoms with Crippen molar-refractivity contribution in [3.05, 3.63) is 47.2 Å². The molecule has 1 aromatic heterocycles. The van der Waals surface area contributed by atoms with Gasteiger partial charge < -0.3 is 10.3 Å². The van der Waals surface area contributed by atoms with Gasteiger partial charge in [-0.2, -0.15) is 0 Å². The molecule has 1 aliphatic carbocycles. The molecule has 0 saturated heterocycles. The Morgan fingerprint density at radius 3 is 2.87 bits per heavy atom. The topological polar surface area (TPSA) is 52.0 Å². The van der Waals surface area contributed by atoms with Crippen LogP contribution in [0.5, 0.6) is 0 Å². The van der Waals surface area contributed by atoms with E-state index in [4.69, 9.17) is 10.3 Å². The molecule has 1 unspecified atom stereocenters. The monoisotopic (exact) mass is 200 g/mol. The van der Waals surface area contributed by atoms with E-state index in [1.807, 2.05) is 6.07 Å². The Balaban J connectivity index is 2.07. The molecule has 2 N–H and O–H groups in total. The van der Waals surface area contributed by atoms with Crippen LogP contribution in [-0.4, -0.2) is 5.16 Å². The first-order chi connectivity index (χ1) is 7.36. The zero-order valence-electron chi connectivity index (χ0n) is 8.31. The second-order valence-corrected chi connectivity index (χ2v) is 3.91. The lowest BCUT2D eigenvalue weighted by Gasteiger charge is -2.09. The van der Waals surface area contributed by atoms with Crippen LogP contribution in [0, 0.1) is 0 Å². The molecule has 0 saturated carbocycles. The number of nitrogens with two attached hydrogens (primary N) is 1. The Kier molecular flexibility index (Phi) is 1.78. The minimum atomic E-state index is 0.368. The summed E-state index contributed by atoms with van der Waals surface area (Å²) in [4.78, 5) is 0. The number of hydrogen-bond donors (Lipinski definition) is 1. The van der Waals surface area contributed by atoms with E-state index in [-0.39, 0.29) is 0 Å². The van der Waals surface area contributed by atoms with Crippen molar-refractivity contribution >= 4 is 5.88 Å². The molecular formula is C12H12N2O. The van der Waals surface area contributed by atoms with E-state index in [2.05, 4.69) is 29.4 Å². The van der Waals surface area contributed by atoms with Crippen LogP contribution in [0.3, 0.4) is 0 Å².